The molecule has 2 heterocycles. The normalized spacial score (nSPS) is 10.2. The first-order chi connectivity index (χ1) is 12.1. The maximum absolute atomic E-state index is 12.3. The number of primary amides is 1. The number of carbonyl (C=O) groups excluding carboxylic acids is 2. The average Bonchev–Trinajstić information content (AvgIpc) is 3.16. The number of hydrogen-bond donors (Lipinski definition) is 2. The van der Waals surface area contributed by atoms with E-state index in [0.29, 0.717) is 17.3 Å². The van der Waals surface area contributed by atoms with E-state index in [1.54, 1.807) is 47.0 Å². The van der Waals surface area contributed by atoms with Crippen LogP contribution in [0.15, 0.2) is 55.1 Å². The predicted molar refractivity (Wildman–Crippen MR) is 88.2 cm³/mol. The number of rotatable bonds is 6. The Morgan fingerprint density at radius 1 is 1.08 bits per heavy atom. The SMILES string of the molecule is NC(=O)COc1ccc(NC(=O)c2cccc(-n3cnnc3)n2)cc1. The van der Waals surface area contributed by atoms with Gasteiger partial charge in [-0.25, -0.2) is 4.98 Å². The van der Waals surface area contributed by atoms with Crippen molar-refractivity contribution in [2.75, 3.05) is 11.9 Å². The van der Waals surface area contributed by atoms with Gasteiger partial charge in [0.25, 0.3) is 11.8 Å². The van der Waals surface area contributed by atoms with Gasteiger partial charge in [-0.3, -0.25) is 14.2 Å². The van der Waals surface area contributed by atoms with Gasteiger partial charge in [0.15, 0.2) is 6.61 Å². The lowest BCUT2D eigenvalue weighted by atomic mass is 10.2. The number of nitrogens with zero attached hydrogens (tertiary/aromatic N) is 4. The number of benzene rings is 1. The van der Waals surface area contributed by atoms with Crippen molar-refractivity contribution < 1.29 is 14.3 Å². The summed E-state index contributed by atoms with van der Waals surface area (Å²) in [6.07, 6.45) is 2.99. The van der Waals surface area contributed by atoms with Gasteiger partial charge >= 0.3 is 0 Å². The monoisotopic (exact) mass is 338 g/mol. The van der Waals surface area contributed by atoms with E-state index in [1.165, 1.54) is 12.7 Å². The molecule has 9 heteroatoms. The van der Waals surface area contributed by atoms with Gasteiger partial charge in [-0.1, -0.05) is 6.07 Å². The smallest absolute Gasteiger partial charge is 0.274 e. The lowest BCUT2D eigenvalue weighted by molar-refractivity contribution is -0.119. The Morgan fingerprint density at radius 2 is 1.80 bits per heavy atom. The van der Waals surface area contributed by atoms with Crippen LogP contribution in [0.25, 0.3) is 5.82 Å². The van der Waals surface area contributed by atoms with E-state index < -0.39 is 5.91 Å². The largest absolute Gasteiger partial charge is 0.484 e. The molecule has 3 N–H and O–H groups in total. The second-order valence-electron chi connectivity index (χ2n) is 4.98. The number of nitrogens with one attached hydrogen (secondary N) is 1. The molecule has 0 saturated carbocycles. The third-order valence-corrected chi connectivity index (χ3v) is 3.14. The summed E-state index contributed by atoms with van der Waals surface area (Å²) in [7, 11) is 0. The molecule has 0 atom stereocenters. The minimum Gasteiger partial charge on any atom is -0.484 e. The maximum Gasteiger partial charge on any atom is 0.274 e. The Morgan fingerprint density at radius 3 is 2.48 bits per heavy atom. The Bertz CT molecular complexity index is 877. The van der Waals surface area contributed by atoms with Crippen molar-refractivity contribution in [3.8, 4) is 11.6 Å². The minimum absolute atomic E-state index is 0.203. The van der Waals surface area contributed by atoms with Gasteiger partial charge in [-0.05, 0) is 36.4 Å². The molecule has 0 aliphatic rings. The average molecular weight is 338 g/mol. The summed E-state index contributed by atoms with van der Waals surface area (Å²) in [5, 5.41) is 10.1. The van der Waals surface area contributed by atoms with Crippen LogP contribution in [-0.2, 0) is 4.79 Å². The molecule has 9 nitrogen and oxygen atoms in total. The lowest BCUT2D eigenvalue weighted by Crippen LogP contribution is -2.20. The topological polar surface area (TPSA) is 125 Å². The first kappa shape index (κ1) is 16.1. The van der Waals surface area contributed by atoms with Crippen LogP contribution >= 0.6 is 0 Å². The van der Waals surface area contributed by atoms with Crippen LogP contribution < -0.4 is 15.8 Å². The number of amides is 2. The minimum atomic E-state index is -0.559. The lowest BCUT2D eigenvalue weighted by Gasteiger charge is -2.08. The van der Waals surface area contributed by atoms with Gasteiger partial charge in [0.2, 0.25) is 0 Å². The van der Waals surface area contributed by atoms with Crippen molar-refractivity contribution in [1.82, 2.24) is 19.7 Å². The highest BCUT2D eigenvalue weighted by atomic mass is 16.5. The summed E-state index contributed by atoms with van der Waals surface area (Å²) in [4.78, 5) is 27.3. The van der Waals surface area contributed by atoms with Crippen molar-refractivity contribution in [2.24, 2.45) is 5.73 Å². The molecule has 0 aliphatic heterocycles. The number of nitrogens with two attached hydrogens (primary N) is 1. The summed E-state index contributed by atoms with van der Waals surface area (Å²) in [5.74, 6) is 0.0922. The molecule has 0 unspecified atom stereocenters. The number of aromatic nitrogens is 4. The second kappa shape index (κ2) is 7.21. The van der Waals surface area contributed by atoms with Crippen LogP contribution in [-0.4, -0.2) is 38.2 Å². The maximum atomic E-state index is 12.3. The molecule has 0 saturated heterocycles. The van der Waals surface area contributed by atoms with E-state index in [1.807, 2.05) is 0 Å². The predicted octanol–water partition coefficient (Wildman–Crippen LogP) is 0.779. The molecule has 1 aromatic carbocycles. The molecular weight excluding hydrogens is 324 g/mol. The highest BCUT2D eigenvalue weighted by Gasteiger charge is 2.09. The molecule has 0 bridgehead atoms. The fraction of sp³-hybridized carbons (Fsp3) is 0.0625. The number of carbonyl (C=O) groups is 2. The summed E-state index contributed by atoms with van der Waals surface area (Å²) in [5.41, 5.74) is 5.82. The van der Waals surface area contributed by atoms with Crippen molar-refractivity contribution >= 4 is 17.5 Å². The zero-order valence-corrected chi connectivity index (χ0v) is 13.0. The van der Waals surface area contributed by atoms with Crippen molar-refractivity contribution in [3.05, 3.63) is 60.8 Å². The Hall–Kier alpha value is -3.75. The number of ether oxygens (including phenoxy) is 1. The molecular formula is C16H14N6O3. The van der Waals surface area contributed by atoms with E-state index in [0.717, 1.165) is 0 Å². The van der Waals surface area contributed by atoms with E-state index in [2.05, 4.69) is 20.5 Å². The fourth-order valence-electron chi connectivity index (χ4n) is 2.00. The van der Waals surface area contributed by atoms with E-state index in [4.69, 9.17) is 10.5 Å². The summed E-state index contributed by atoms with van der Waals surface area (Å²) in [6.45, 7) is -0.203. The first-order valence-corrected chi connectivity index (χ1v) is 7.26. The standard InChI is InChI=1S/C16H14N6O3/c17-14(23)8-25-12-6-4-11(5-7-12)20-16(24)13-2-1-3-15(21-13)22-9-18-19-10-22/h1-7,9-10H,8H2,(H2,17,23)(H,20,24). The van der Waals surface area contributed by atoms with Crippen LogP contribution in [0.3, 0.4) is 0 Å². The third kappa shape index (κ3) is 4.16. The number of hydrogen-bond acceptors (Lipinski definition) is 6. The fourth-order valence-corrected chi connectivity index (χ4v) is 2.00. The van der Waals surface area contributed by atoms with Crippen LogP contribution in [0.4, 0.5) is 5.69 Å². The Kier molecular flexibility index (Phi) is 4.65. The van der Waals surface area contributed by atoms with E-state index in [9.17, 15) is 9.59 Å². The highest BCUT2D eigenvalue weighted by molar-refractivity contribution is 6.03. The zero-order valence-electron chi connectivity index (χ0n) is 13.0. The zero-order chi connectivity index (χ0) is 17.6. The molecule has 0 spiro atoms. The number of pyridine rings is 1. The van der Waals surface area contributed by atoms with Gasteiger partial charge in [-0.15, -0.1) is 10.2 Å². The number of anilines is 1. The van der Waals surface area contributed by atoms with Crippen molar-refractivity contribution in [1.29, 1.82) is 0 Å². The summed E-state index contributed by atoms with van der Waals surface area (Å²) < 4.78 is 6.75. The van der Waals surface area contributed by atoms with Gasteiger partial charge in [0.1, 0.15) is 29.9 Å². The van der Waals surface area contributed by atoms with Crippen LogP contribution in [0, 0.1) is 0 Å². The quantitative estimate of drug-likeness (QED) is 0.684. The molecule has 0 aliphatic carbocycles. The van der Waals surface area contributed by atoms with Crippen molar-refractivity contribution in [3.63, 3.8) is 0 Å². The molecule has 3 rings (SSSR count). The van der Waals surface area contributed by atoms with Crippen LogP contribution in [0.1, 0.15) is 10.5 Å². The Labute approximate surface area is 142 Å². The van der Waals surface area contributed by atoms with Crippen LogP contribution in [0.5, 0.6) is 5.75 Å². The van der Waals surface area contributed by atoms with Gasteiger partial charge in [0.05, 0.1) is 0 Å². The molecule has 2 aromatic heterocycles. The first-order valence-electron chi connectivity index (χ1n) is 7.26. The molecule has 2 amide bonds. The summed E-state index contributed by atoms with van der Waals surface area (Å²) in [6, 6.07) is 11.6. The highest BCUT2D eigenvalue weighted by Crippen LogP contribution is 2.16. The van der Waals surface area contributed by atoms with Crippen molar-refractivity contribution in [2.45, 2.75) is 0 Å². The molecule has 25 heavy (non-hydrogen) atoms. The van der Waals surface area contributed by atoms with E-state index in [-0.39, 0.29) is 18.2 Å². The molecule has 0 fully saturated rings. The van der Waals surface area contributed by atoms with Gasteiger partial charge in [0, 0.05) is 5.69 Å². The van der Waals surface area contributed by atoms with Crippen LogP contribution in [0.2, 0.25) is 0 Å². The second-order valence-corrected chi connectivity index (χ2v) is 4.98. The molecule has 3 aromatic rings. The van der Waals surface area contributed by atoms with Gasteiger partial charge < -0.3 is 15.8 Å². The Balaban J connectivity index is 1.68. The van der Waals surface area contributed by atoms with Gasteiger partial charge in [-0.2, -0.15) is 0 Å². The third-order valence-electron chi connectivity index (χ3n) is 3.14. The molecule has 0 radical (unpaired) electrons. The summed E-state index contributed by atoms with van der Waals surface area (Å²) >= 11 is 0. The van der Waals surface area contributed by atoms with E-state index >= 15 is 0 Å². The molecule has 126 valence electrons.